The molecule has 1 aromatic carbocycles. The number of hydrogen-bond acceptors (Lipinski definition) is 6. The van der Waals surface area contributed by atoms with Crippen LogP contribution in [0.5, 0.6) is 0 Å². The maximum Gasteiger partial charge on any atom is 0.313 e. The van der Waals surface area contributed by atoms with E-state index in [-0.39, 0.29) is 16.1 Å². The standard InChI is InChI=1S/C13H9F2N3O3S3/c1-6-17-11(5-22-6)18-10(4-23-13(18)19)7-2-8(14)12(9(15)3-7)24(16,20)21/h2-5H,1H3,(H2,16,20,21). The van der Waals surface area contributed by atoms with Gasteiger partial charge in [0.15, 0.2) is 10.7 Å². The van der Waals surface area contributed by atoms with E-state index in [2.05, 4.69) is 4.98 Å². The Morgan fingerprint density at radius 3 is 2.29 bits per heavy atom. The summed E-state index contributed by atoms with van der Waals surface area (Å²) in [7, 11) is -4.54. The van der Waals surface area contributed by atoms with E-state index in [1.807, 2.05) is 0 Å². The zero-order valence-electron chi connectivity index (χ0n) is 12.0. The third kappa shape index (κ3) is 2.90. The van der Waals surface area contributed by atoms with Gasteiger partial charge < -0.3 is 0 Å². The molecule has 0 unspecified atom stereocenters. The lowest BCUT2D eigenvalue weighted by molar-refractivity contribution is 0.520. The van der Waals surface area contributed by atoms with Crippen molar-refractivity contribution in [1.29, 1.82) is 0 Å². The molecule has 0 atom stereocenters. The molecule has 0 aliphatic heterocycles. The van der Waals surface area contributed by atoms with Crippen molar-refractivity contribution in [1.82, 2.24) is 9.55 Å². The van der Waals surface area contributed by atoms with Gasteiger partial charge in [-0.05, 0) is 19.1 Å². The number of rotatable bonds is 3. The van der Waals surface area contributed by atoms with Crippen LogP contribution in [0.1, 0.15) is 5.01 Å². The van der Waals surface area contributed by atoms with Crippen LogP contribution in [0.3, 0.4) is 0 Å². The molecule has 0 bridgehead atoms. The van der Waals surface area contributed by atoms with Crippen LogP contribution >= 0.6 is 22.7 Å². The van der Waals surface area contributed by atoms with Crippen molar-refractivity contribution in [2.24, 2.45) is 5.14 Å². The topological polar surface area (TPSA) is 95.1 Å². The Hall–Kier alpha value is -1.95. The minimum absolute atomic E-state index is 0.00130. The molecular weight excluding hydrogens is 380 g/mol. The molecular formula is C13H9F2N3O3S3. The second-order valence-electron chi connectivity index (χ2n) is 4.76. The highest BCUT2D eigenvalue weighted by atomic mass is 32.2. The maximum atomic E-state index is 14.0. The van der Waals surface area contributed by atoms with Gasteiger partial charge in [-0.1, -0.05) is 11.3 Å². The average molecular weight is 389 g/mol. The van der Waals surface area contributed by atoms with E-state index in [1.54, 1.807) is 12.3 Å². The number of thiazole rings is 2. The molecule has 0 saturated heterocycles. The van der Waals surface area contributed by atoms with E-state index in [4.69, 9.17) is 5.14 Å². The highest BCUT2D eigenvalue weighted by Crippen LogP contribution is 2.28. The summed E-state index contributed by atoms with van der Waals surface area (Å²) >= 11 is 2.15. The fourth-order valence-corrected chi connectivity index (χ4v) is 4.15. The van der Waals surface area contributed by atoms with E-state index >= 15 is 0 Å². The van der Waals surface area contributed by atoms with E-state index in [9.17, 15) is 22.0 Å². The van der Waals surface area contributed by atoms with Crippen LogP contribution in [0.2, 0.25) is 0 Å². The summed E-state index contributed by atoms with van der Waals surface area (Å²) in [6.45, 7) is 1.76. The Kier molecular flexibility index (Phi) is 4.11. The lowest BCUT2D eigenvalue weighted by Crippen LogP contribution is -2.17. The lowest BCUT2D eigenvalue weighted by atomic mass is 10.1. The van der Waals surface area contributed by atoms with Crippen LogP contribution in [-0.2, 0) is 10.0 Å². The number of benzene rings is 1. The number of halogens is 2. The summed E-state index contributed by atoms with van der Waals surface area (Å²) < 4.78 is 51.8. The molecule has 6 nitrogen and oxygen atoms in total. The summed E-state index contributed by atoms with van der Waals surface area (Å²) in [5.41, 5.74) is 0.204. The minimum atomic E-state index is -4.54. The van der Waals surface area contributed by atoms with Gasteiger partial charge in [-0.25, -0.2) is 27.3 Å². The van der Waals surface area contributed by atoms with Crippen LogP contribution in [0.4, 0.5) is 8.78 Å². The summed E-state index contributed by atoms with van der Waals surface area (Å²) in [5, 5.41) is 8.58. The number of primary sulfonamides is 1. The summed E-state index contributed by atoms with van der Waals surface area (Å²) in [6.07, 6.45) is 0. The number of sulfonamides is 1. The quantitative estimate of drug-likeness (QED) is 0.743. The number of aryl methyl sites for hydroxylation is 1. The number of aromatic nitrogens is 2. The third-order valence-electron chi connectivity index (χ3n) is 3.11. The van der Waals surface area contributed by atoms with E-state index < -0.39 is 26.6 Å². The molecule has 3 rings (SSSR count). The van der Waals surface area contributed by atoms with Crippen molar-refractivity contribution in [3.63, 3.8) is 0 Å². The average Bonchev–Trinajstić information content (AvgIpc) is 3.02. The molecule has 0 fully saturated rings. The first-order valence-electron chi connectivity index (χ1n) is 6.33. The fourth-order valence-electron chi connectivity index (χ4n) is 2.16. The van der Waals surface area contributed by atoms with Crippen molar-refractivity contribution >= 4 is 32.7 Å². The zero-order valence-corrected chi connectivity index (χ0v) is 14.4. The van der Waals surface area contributed by atoms with Crippen molar-refractivity contribution < 1.29 is 17.2 Å². The highest BCUT2D eigenvalue weighted by molar-refractivity contribution is 7.89. The molecule has 126 valence electrons. The van der Waals surface area contributed by atoms with Gasteiger partial charge in [-0.3, -0.25) is 9.36 Å². The first kappa shape index (κ1) is 16.9. The van der Waals surface area contributed by atoms with E-state index in [1.165, 1.54) is 21.3 Å². The molecule has 11 heteroatoms. The molecule has 0 spiro atoms. The largest absolute Gasteiger partial charge is 0.313 e. The molecule has 0 radical (unpaired) electrons. The second-order valence-corrected chi connectivity index (χ2v) is 8.14. The zero-order chi connectivity index (χ0) is 17.6. The number of nitrogens with two attached hydrogens (primary N) is 1. The Morgan fingerprint density at radius 1 is 1.17 bits per heavy atom. The normalized spacial score (nSPS) is 11.8. The van der Waals surface area contributed by atoms with E-state index in [0.29, 0.717) is 5.82 Å². The molecule has 0 aliphatic rings. The highest BCUT2D eigenvalue weighted by Gasteiger charge is 2.23. The maximum absolute atomic E-state index is 14.0. The monoisotopic (exact) mass is 389 g/mol. The SMILES string of the molecule is Cc1nc(-n2c(-c3cc(F)c(S(N)(=O)=O)c(F)c3)csc2=O)cs1. The van der Waals surface area contributed by atoms with Gasteiger partial charge in [-0.15, -0.1) is 11.3 Å². The Balaban J connectivity index is 2.24. The van der Waals surface area contributed by atoms with Gasteiger partial charge in [-0.2, -0.15) is 0 Å². The van der Waals surface area contributed by atoms with Gasteiger partial charge in [0, 0.05) is 16.3 Å². The van der Waals surface area contributed by atoms with Crippen molar-refractivity contribution in [3.05, 3.63) is 49.2 Å². The predicted molar refractivity (Wildman–Crippen MR) is 87.1 cm³/mol. The van der Waals surface area contributed by atoms with Crippen molar-refractivity contribution in [2.75, 3.05) is 0 Å². The first-order chi connectivity index (χ1) is 11.2. The Bertz CT molecular complexity index is 1080. The van der Waals surface area contributed by atoms with Crippen molar-refractivity contribution in [2.45, 2.75) is 11.8 Å². The molecule has 2 N–H and O–H groups in total. The fraction of sp³-hybridized carbons (Fsp3) is 0.0769. The van der Waals surface area contributed by atoms with Gasteiger partial charge in [0.2, 0.25) is 10.0 Å². The first-order valence-corrected chi connectivity index (χ1v) is 9.64. The molecule has 3 aromatic rings. The number of hydrogen-bond donors (Lipinski definition) is 1. The van der Waals surface area contributed by atoms with Gasteiger partial charge in [0.25, 0.3) is 0 Å². The van der Waals surface area contributed by atoms with Gasteiger partial charge >= 0.3 is 4.87 Å². The van der Waals surface area contributed by atoms with Crippen LogP contribution in [0.15, 0.2) is 32.6 Å². The predicted octanol–water partition coefficient (Wildman–Crippen LogP) is 2.26. The second kappa shape index (κ2) is 5.84. The van der Waals surface area contributed by atoms with Crippen LogP contribution < -0.4 is 10.0 Å². The van der Waals surface area contributed by atoms with Crippen LogP contribution in [0, 0.1) is 18.6 Å². The molecule has 24 heavy (non-hydrogen) atoms. The van der Waals surface area contributed by atoms with Gasteiger partial charge in [0.05, 0.1) is 10.7 Å². The lowest BCUT2D eigenvalue weighted by Gasteiger charge is -2.08. The summed E-state index contributed by atoms with van der Waals surface area (Å²) in [4.78, 5) is 14.7. The Labute approximate surface area is 142 Å². The molecule has 2 heterocycles. The summed E-state index contributed by atoms with van der Waals surface area (Å²) in [5.74, 6) is -2.32. The third-order valence-corrected chi connectivity index (χ3v) is 5.55. The summed E-state index contributed by atoms with van der Waals surface area (Å²) in [6, 6.07) is 1.64. The molecule has 0 aliphatic carbocycles. The number of nitrogens with zero attached hydrogens (tertiary/aromatic N) is 2. The molecule has 0 saturated carbocycles. The van der Waals surface area contributed by atoms with E-state index in [0.717, 1.165) is 28.5 Å². The molecule has 2 aromatic heterocycles. The Morgan fingerprint density at radius 2 is 1.79 bits per heavy atom. The van der Waals surface area contributed by atoms with Crippen LogP contribution in [-0.4, -0.2) is 18.0 Å². The van der Waals surface area contributed by atoms with Crippen molar-refractivity contribution in [3.8, 4) is 17.1 Å². The molecule has 0 amide bonds. The smallest absolute Gasteiger partial charge is 0.256 e. The van der Waals surface area contributed by atoms with Crippen LogP contribution in [0.25, 0.3) is 17.1 Å². The van der Waals surface area contributed by atoms with Gasteiger partial charge in [0.1, 0.15) is 11.6 Å². The minimum Gasteiger partial charge on any atom is -0.256 e.